The molecular formula is C22H29BClNO7. The molecule has 8 nitrogen and oxygen atoms in total. The van der Waals surface area contributed by atoms with E-state index in [0.717, 1.165) is 0 Å². The van der Waals surface area contributed by atoms with Crippen molar-refractivity contribution in [2.45, 2.75) is 78.2 Å². The van der Waals surface area contributed by atoms with Gasteiger partial charge in [-0.3, -0.25) is 0 Å². The number of rotatable bonds is 4. The molecule has 1 aromatic carbocycles. The number of carbonyl (C=O) groups is 2. The number of amides is 1. The number of furan rings is 1. The first-order valence-corrected chi connectivity index (χ1v) is 10.7. The molecule has 174 valence electrons. The molecule has 0 aliphatic carbocycles. The van der Waals surface area contributed by atoms with Crippen LogP contribution in [-0.4, -0.2) is 41.1 Å². The van der Waals surface area contributed by atoms with Crippen LogP contribution in [0, 0.1) is 0 Å². The first kappa shape index (κ1) is 24.4. The number of carbonyl (C=O) groups excluding carboxylic acids is 1. The summed E-state index contributed by atoms with van der Waals surface area (Å²) in [6.07, 6.45) is -0.637. The highest BCUT2D eigenvalue weighted by Gasteiger charge is 2.53. The van der Waals surface area contributed by atoms with Gasteiger partial charge in [0.05, 0.1) is 17.2 Å². The average molecular weight is 466 g/mol. The van der Waals surface area contributed by atoms with E-state index in [1.165, 1.54) is 6.07 Å². The Labute approximate surface area is 192 Å². The fraction of sp³-hybridized carbons (Fsp3) is 0.545. The van der Waals surface area contributed by atoms with E-state index in [4.69, 9.17) is 30.1 Å². The van der Waals surface area contributed by atoms with Crippen LogP contribution in [-0.2, 0) is 14.0 Å². The summed E-state index contributed by atoms with van der Waals surface area (Å²) in [7, 11) is -0.862. The predicted molar refractivity (Wildman–Crippen MR) is 122 cm³/mol. The molecule has 2 N–H and O–H groups in total. The molecule has 2 heterocycles. The number of hydrogen-bond acceptors (Lipinski definition) is 6. The number of hydrogen-bond donors (Lipinski definition) is 2. The van der Waals surface area contributed by atoms with Crippen molar-refractivity contribution in [2.24, 2.45) is 0 Å². The lowest BCUT2D eigenvalue weighted by Gasteiger charge is -2.32. The number of halogens is 1. The third kappa shape index (κ3) is 4.60. The van der Waals surface area contributed by atoms with E-state index in [1.807, 2.05) is 27.7 Å². The first-order chi connectivity index (χ1) is 14.5. The van der Waals surface area contributed by atoms with Gasteiger partial charge in [-0.1, -0.05) is 11.6 Å². The molecule has 1 aromatic heterocycles. The zero-order chi connectivity index (χ0) is 24.2. The van der Waals surface area contributed by atoms with Crippen LogP contribution in [0.5, 0.6) is 0 Å². The van der Waals surface area contributed by atoms with Crippen LogP contribution >= 0.6 is 11.6 Å². The molecule has 2 aromatic rings. The quantitative estimate of drug-likeness (QED) is 0.632. The molecule has 1 aliphatic heterocycles. The molecule has 32 heavy (non-hydrogen) atoms. The van der Waals surface area contributed by atoms with Gasteiger partial charge in [0.2, 0.25) is 0 Å². The monoisotopic (exact) mass is 465 g/mol. The lowest BCUT2D eigenvalue weighted by Crippen LogP contribution is -2.41. The van der Waals surface area contributed by atoms with Crippen molar-refractivity contribution in [2.75, 3.05) is 0 Å². The van der Waals surface area contributed by atoms with Crippen molar-refractivity contribution in [3.63, 3.8) is 0 Å². The Kier molecular flexibility index (Phi) is 6.08. The number of ether oxygens (including phenoxy) is 1. The standard InChI is InChI=1S/C22H29BClNO7/c1-11(25-19(28)30-20(2,3)4)16-15(23-31-21(5,6)22(7,8)32-23)13-9-12(24)10-14(18(26)27)17(13)29-16/h9-11H,1-8H3,(H,25,28)(H,26,27). The topological polar surface area (TPSA) is 107 Å². The van der Waals surface area contributed by atoms with E-state index >= 15 is 0 Å². The van der Waals surface area contributed by atoms with Crippen LogP contribution in [0.4, 0.5) is 4.79 Å². The molecule has 1 amide bonds. The van der Waals surface area contributed by atoms with Crippen molar-refractivity contribution in [1.29, 1.82) is 0 Å². The maximum absolute atomic E-state index is 12.4. The number of fused-ring (bicyclic) bond motifs is 1. The molecule has 0 spiro atoms. The maximum atomic E-state index is 12.4. The number of benzene rings is 1. The molecule has 10 heteroatoms. The molecule has 3 rings (SSSR count). The predicted octanol–water partition coefficient (Wildman–Crippen LogP) is 4.67. The van der Waals surface area contributed by atoms with Gasteiger partial charge >= 0.3 is 19.2 Å². The summed E-state index contributed by atoms with van der Waals surface area (Å²) in [5.74, 6) is -0.889. The summed E-state index contributed by atoms with van der Waals surface area (Å²) < 4.78 is 23.8. The summed E-state index contributed by atoms with van der Waals surface area (Å²) in [5, 5.41) is 13.1. The van der Waals surface area contributed by atoms with Gasteiger partial charge in [0.15, 0.2) is 0 Å². The second-order valence-electron chi connectivity index (χ2n) is 9.97. The summed E-state index contributed by atoms with van der Waals surface area (Å²) in [5.41, 5.74) is -1.47. The van der Waals surface area contributed by atoms with Crippen molar-refractivity contribution in [1.82, 2.24) is 5.32 Å². The van der Waals surface area contributed by atoms with E-state index in [2.05, 4.69) is 5.32 Å². The summed E-state index contributed by atoms with van der Waals surface area (Å²) in [6.45, 7) is 14.6. The van der Waals surface area contributed by atoms with Gasteiger partial charge in [0.1, 0.15) is 22.5 Å². The number of alkyl carbamates (subject to hydrolysis) is 1. The second-order valence-corrected chi connectivity index (χ2v) is 10.4. The van der Waals surface area contributed by atoms with Crippen LogP contribution in [0.2, 0.25) is 5.02 Å². The molecule has 1 fully saturated rings. The highest BCUT2D eigenvalue weighted by atomic mass is 35.5. The molecule has 0 bridgehead atoms. The Morgan fingerprint density at radius 1 is 1.16 bits per heavy atom. The van der Waals surface area contributed by atoms with E-state index in [9.17, 15) is 14.7 Å². The minimum absolute atomic E-state index is 0.0963. The largest absolute Gasteiger partial charge is 0.499 e. The van der Waals surface area contributed by atoms with Crippen LogP contribution < -0.4 is 10.8 Å². The molecule has 1 aliphatic rings. The maximum Gasteiger partial charge on any atom is 0.499 e. The van der Waals surface area contributed by atoms with Gasteiger partial charge in [-0.2, -0.15) is 0 Å². The number of carboxylic acid groups (broad SMARTS) is 1. The van der Waals surface area contributed by atoms with E-state index in [-0.39, 0.29) is 16.2 Å². The van der Waals surface area contributed by atoms with Crippen LogP contribution in [0.15, 0.2) is 16.5 Å². The molecule has 0 saturated carbocycles. The van der Waals surface area contributed by atoms with Crippen molar-refractivity contribution in [3.05, 3.63) is 28.5 Å². The third-order valence-corrected chi connectivity index (χ3v) is 5.89. The average Bonchev–Trinajstić information content (AvgIpc) is 3.06. The Morgan fingerprint density at radius 2 is 1.72 bits per heavy atom. The third-order valence-electron chi connectivity index (χ3n) is 5.67. The lowest BCUT2D eigenvalue weighted by atomic mass is 9.75. The summed E-state index contributed by atoms with van der Waals surface area (Å²) in [6, 6.07) is 2.25. The fourth-order valence-corrected chi connectivity index (χ4v) is 3.65. The van der Waals surface area contributed by atoms with Gasteiger partial charge in [-0.25, -0.2) is 9.59 Å². The zero-order valence-corrected chi connectivity index (χ0v) is 20.3. The molecule has 1 atom stereocenters. The minimum atomic E-state index is -1.19. The van der Waals surface area contributed by atoms with E-state index < -0.39 is 42.0 Å². The SMILES string of the molecule is CC(NC(=O)OC(C)(C)C)c1oc2c(C(=O)O)cc(Cl)cc2c1B1OC(C)(C)C(C)(C)O1. The molecule has 1 unspecified atom stereocenters. The highest BCUT2D eigenvalue weighted by Crippen LogP contribution is 2.39. The lowest BCUT2D eigenvalue weighted by molar-refractivity contribution is 0.00578. The van der Waals surface area contributed by atoms with Crippen LogP contribution in [0.25, 0.3) is 11.0 Å². The Bertz CT molecular complexity index is 1050. The van der Waals surface area contributed by atoms with E-state index in [0.29, 0.717) is 16.6 Å². The molecular weight excluding hydrogens is 437 g/mol. The highest BCUT2D eigenvalue weighted by molar-refractivity contribution is 6.66. The number of aromatic carboxylic acids is 1. The van der Waals surface area contributed by atoms with Crippen molar-refractivity contribution >= 4 is 47.2 Å². The van der Waals surface area contributed by atoms with Crippen molar-refractivity contribution < 1.29 is 33.2 Å². The Morgan fingerprint density at radius 3 is 2.22 bits per heavy atom. The first-order valence-electron chi connectivity index (χ1n) is 10.4. The van der Waals surface area contributed by atoms with Crippen molar-refractivity contribution in [3.8, 4) is 0 Å². The number of carboxylic acids is 1. The second kappa shape index (κ2) is 7.97. The van der Waals surface area contributed by atoms with Crippen LogP contribution in [0.1, 0.15) is 77.5 Å². The van der Waals surface area contributed by atoms with Gasteiger partial charge in [0, 0.05) is 15.9 Å². The van der Waals surface area contributed by atoms with Gasteiger partial charge < -0.3 is 28.9 Å². The van der Waals surface area contributed by atoms with Crippen LogP contribution in [0.3, 0.4) is 0 Å². The van der Waals surface area contributed by atoms with E-state index in [1.54, 1.807) is 33.8 Å². The van der Waals surface area contributed by atoms with Gasteiger partial charge in [0.25, 0.3) is 0 Å². The summed E-state index contributed by atoms with van der Waals surface area (Å²) >= 11 is 6.23. The Hall–Kier alpha value is -2.23. The van der Waals surface area contributed by atoms with Gasteiger partial charge in [-0.15, -0.1) is 0 Å². The zero-order valence-electron chi connectivity index (χ0n) is 19.6. The molecule has 1 saturated heterocycles. The molecule has 0 radical (unpaired) electrons. The van der Waals surface area contributed by atoms with Gasteiger partial charge in [-0.05, 0) is 67.5 Å². The number of nitrogens with one attached hydrogen (secondary N) is 1. The minimum Gasteiger partial charge on any atom is -0.478 e. The fourth-order valence-electron chi connectivity index (χ4n) is 3.44. The Balaban J connectivity index is 2.15. The summed E-state index contributed by atoms with van der Waals surface area (Å²) in [4.78, 5) is 24.2. The smallest absolute Gasteiger partial charge is 0.478 e. The normalized spacial score (nSPS) is 18.6.